The monoisotopic (exact) mass is 663 g/mol. The Morgan fingerprint density at radius 3 is 2.37 bits per heavy atom. The standard InChI is InChI=1S/C40H49N5O4/c1-25-34(36(44-19-16-40(6,7)17-20-44)35(26(2)43-25)37(38(46)47)49-39(3,4)5)28-13-14-29-23-45(18-15-27(29)21-28)33-22-31(41-24-42-33)30-11-9-10-12-32(30)48-8/h9-14,21-22,24,37H,15-20,23H2,1-8H3,(H,46,47)/t37-/m0/s1. The van der Waals surface area contributed by atoms with Gasteiger partial charge in [-0.25, -0.2) is 14.8 Å². The Morgan fingerprint density at radius 2 is 1.67 bits per heavy atom. The molecule has 1 atom stereocenters. The van der Waals surface area contributed by atoms with Gasteiger partial charge in [0.1, 0.15) is 17.9 Å². The Balaban J connectivity index is 1.39. The summed E-state index contributed by atoms with van der Waals surface area (Å²) < 4.78 is 11.9. The largest absolute Gasteiger partial charge is 0.496 e. The number of aliphatic carboxylic acids is 1. The number of rotatable bonds is 8. The van der Waals surface area contributed by atoms with Crippen LogP contribution in [0.5, 0.6) is 5.75 Å². The second-order valence-electron chi connectivity index (χ2n) is 15.1. The number of hydrogen-bond acceptors (Lipinski definition) is 8. The number of carbonyl (C=O) groups is 1. The fourth-order valence-electron chi connectivity index (χ4n) is 7.18. The number of fused-ring (bicyclic) bond motifs is 1. The molecule has 2 aliphatic heterocycles. The van der Waals surface area contributed by atoms with E-state index < -0.39 is 17.7 Å². The number of nitrogens with zero attached hydrogens (tertiary/aromatic N) is 5. The first-order valence-electron chi connectivity index (χ1n) is 17.2. The predicted octanol–water partition coefficient (Wildman–Crippen LogP) is 7.96. The van der Waals surface area contributed by atoms with Gasteiger partial charge in [-0.1, -0.05) is 44.2 Å². The van der Waals surface area contributed by atoms with Crippen LogP contribution in [0.25, 0.3) is 22.4 Å². The Morgan fingerprint density at radius 1 is 0.939 bits per heavy atom. The highest BCUT2D eigenvalue weighted by Gasteiger charge is 2.36. The summed E-state index contributed by atoms with van der Waals surface area (Å²) in [4.78, 5) is 31.7. The van der Waals surface area contributed by atoms with E-state index in [2.05, 4.69) is 51.8 Å². The van der Waals surface area contributed by atoms with Crippen molar-refractivity contribution in [3.63, 3.8) is 0 Å². The Bertz CT molecular complexity index is 1850. The van der Waals surface area contributed by atoms with Crippen LogP contribution in [0.4, 0.5) is 11.5 Å². The van der Waals surface area contributed by atoms with Crippen molar-refractivity contribution in [3.05, 3.63) is 82.9 Å². The average molecular weight is 664 g/mol. The van der Waals surface area contributed by atoms with Crippen molar-refractivity contribution in [3.8, 4) is 28.1 Å². The van der Waals surface area contributed by atoms with Crippen LogP contribution in [0, 0.1) is 19.3 Å². The molecule has 258 valence electrons. The molecule has 2 aromatic carbocycles. The highest BCUT2D eigenvalue weighted by atomic mass is 16.5. The zero-order valence-electron chi connectivity index (χ0n) is 30.1. The molecule has 0 unspecified atom stereocenters. The third-order valence-corrected chi connectivity index (χ3v) is 9.84. The first-order valence-corrected chi connectivity index (χ1v) is 17.2. The third-order valence-electron chi connectivity index (χ3n) is 9.84. The number of ether oxygens (including phenoxy) is 2. The maximum Gasteiger partial charge on any atom is 0.337 e. The molecule has 9 nitrogen and oxygen atoms in total. The number of anilines is 2. The molecule has 4 aromatic rings. The minimum Gasteiger partial charge on any atom is -0.496 e. The smallest absolute Gasteiger partial charge is 0.337 e. The fourth-order valence-corrected chi connectivity index (χ4v) is 7.18. The van der Waals surface area contributed by atoms with Gasteiger partial charge in [0.2, 0.25) is 0 Å². The van der Waals surface area contributed by atoms with E-state index in [1.54, 1.807) is 13.4 Å². The fraction of sp³-hybridized carbons (Fsp3) is 0.450. The number of aromatic nitrogens is 3. The summed E-state index contributed by atoms with van der Waals surface area (Å²) in [5, 5.41) is 10.5. The van der Waals surface area contributed by atoms with Crippen LogP contribution in [-0.2, 0) is 22.5 Å². The van der Waals surface area contributed by atoms with Crippen molar-refractivity contribution in [2.24, 2.45) is 5.41 Å². The molecule has 9 heteroatoms. The lowest BCUT2D eigenvalue weighted by molar-refractivity contribution is -0.160. The van der Waals surface area contributed by atoms with Crippen molar-refractivity contribution in [2.75, 3.05) is 36.5 Å². The number of aryl methyl sites for hydroxylation is 2. The van der Waals surface area contributed by atoms with Gasteiger partial charge in [0.25, 0.3) is 0 Å². The van der Waals surface area contributed by atoms with Gasteiger partial charge in [-0.15, -0.1) is 0 Å². The molecule has 0 amide bonds. The molecule has 0 saturated carbocycles. The first kappa shape index (κ1) is 34.4. The first-order chi connectivity index (χ1) is 23.2. The van der Waals surface area contributed by atoms with Gasteiger partial charge in [-0.2, -0.15) is 0 Å². The van der Waals surface area contributed by atoms with E-state index in [9.17, 15) is 9.90 Å². The summed E-state index contributed by atoms with van der Waals surface area (Å²) in [5.74, 6) is 0.653. The van der Waals surface area contributed by atoms with E-state index in [1.807, 2.05) is 65.0 Å². The van der Waals surface area contributed by atoms with Crippen LogP contribution in [0.2, 0.25) is 0 Å². The summed E-state index contributed by atoms with van der Waals surface area (Å²) in [6.07, 6.45) is 3.37. The van der Waals surface area contributed by atoms with E-state index >= 15 is 0 Å². The molecular weight excluding hydrogens is 614 g/mol. The molecule has 0 spiro atoms. The molecule has 1 N–H and O–H groups in total. The van der Waals surface area contributed by atoms with Crippen LogP contribution in [0.1, 0.15) is 81.6 Å². The second kappa shape index (κ2) is 13.4. The van der Waals surface area contributed by atoms with Crippen LogP contribution in [0.15, 0.2) is 54.9 Å². The lowest BCUT2D eigenvalue weighted by Gasteiger charge is -2.41. The molecule has 2 aliphatic rings. The van der Waals surface area contributed by atoms with Gasteiger partial charge in [0, 0.05) is 60.3 Å². The van der Waals surface area contributed by atoms with Gasteiger partial charge < -0.3 is 24.4 Å². The number of pyridine rings is 1. The normalized spacial score (nSPS) is 16.7. The average Bonchev–Trinajstić information content (AvgIpc) is 3.06. The lowest BCUT2D eigenvalue weighted by Crippen LogP contribution is -2.39. The summed E-state index contributed by atoms with van der Waals surface area (Å²) in [7, 11) is 1.67. The number of carboxylic acid groups (broad SMARTS) is 1. The van der Waals surface area contributed by atoms with Gasteiger partial charge in [0.15, 0.2) is 6.10 Å². The Kier molecular flexibility index (Phi) is 9.42. The molecule has 0 radical (unpaired) electrons. The quantitative estimate of drug-likeness (QED) is 0.201. The van der Waals surface area contributed by atoms with Gasteiger partial charge in [-0.3, -0.25) is 4.98 Å². The van der Waals surface area contributed by atoms with Gasteiger partial charge in [-0.05, 0) is 88.1 Å². The van der Waals surface area contributed by atoms with Crippen molar-refractivity contribution in [1.29, 1.82) is 0 Å². The maximum atomic E-state index is 12.9. The Labute approximate surface area is 290 Å². The minimum atomic E-state index is -1.14. The predicted molar refractivity (Wildman–Crippen MR) is 194 cm³/mol. The van der Waals surface area contributed by atoms with Crippen molar-refractivity contribution >= 4 is 17.5 Å². The number of hydrogen-bond donors (Lipinski definition) is 1. The molecule has 6 rings (SSSR count). The summed E-state index contributed by atoms with van der Waals surface area (Å²) in [6.45, 7) is 17.5. The van der Waals surface area contributed by atoms with Crippen molar-refractivity contribution < 1.29 is 19.4 Å². The number of benzene rings is 2. The number of para-hydroxylation sites is 1. The molecule has 4 heterocycles. The van der Waals surface area contributed by atoms with E-state index in [0.717, 1.165) is 90.8 Å². The molecule has 1 saturated heterocycles. The zero-order chi connectivity index (χ0) is 35.1. The summed E-state index contributed by atoms with van der Waals surface area (Å²) >= 11 is 0. The number of carboxylic acids is 1. The third kappa shape index (κ3) is 7.27. The molecule has 49 heavy (non-hydrogen) atoms. The summed E-state index contributed by atoms with van der Waals surface area (Å²) in [6, 6.07) is 16.6. The van der Waals surface area contributed by atoms with E-state index in [1.165, 1.54) is 11.1 Å². The molecular formula is C40H49N5O4. The van der Waals surface area contributed by atoms with Crippen LogP contribution in [-0.4, -0.2) is 58.4 Å². The van der Waals surface area contributed by atoms with E-state index in [-0.39, 0.29) is 5.41 Å². The minimum absolute atomic E-state index is 0.233. The highest BCUT2D eigenvalue weighted by Crippen LogP contribution is 2.45. The van der Waals surface area contributed by atoms with Crippen LogP contribution >= 0.6 is 0 Å². The Hall–Kier alpha value is -4.50. The number of methoxy groups -OCH3 is 1. The van der Waals surface area contributed by atoms with Crippen LogP contribution < -0.4 is 14.5 Å². The molecule has 0 bridgehead atoms. The van der Waals surface area contributed by atoms with Crippen molar-refractivity contribution in [1.82, 2.24) is 15.0 Å². The van der Waals surface area contributed by atoms with Crippen molar-refractivity contribution in [2.45, 2.75) is 86.0 Å². The molecule has 1 fully saturated rings. The lowest BCUT2D eigenvalue weighted by atomic mass is 9.81. The maximum absolute atomic E-state index is 12.9. The zero-order valence-corrected chi connectivity index (χ0v) is 30.1. The topological polar surface area (TPSA) is 101 Å². The van der Waals surface area contributed by atoms with Gasteiger partial charge in [0.05, 0.1) is 24.1 Å². The summed E-state index contributed by atoms with van der Waals surface area (Å²) in [5.41, 5.74) is 9.09. The highest BCUT2D eigenvalue weighted by molar-refractivity contribution is 5.88. The van der Waals surface area contributed by atoms with Crippen LogP contribution in [0.3, 0.4) is 0 Å². The van der Waals surface area contributed by atoms with Gasteiger partial charge >= 0.3 is 5.97 Å². The molecule has 0 aliphatic carbocycles. The number of piperidine rings is 1. The second-order valence-corrected chi connectivity index (χ2v) is 15.1. The van der Waals surface area contributed by atoms with E-state index in [0.29, 0.717) is 11.3 Å². The van der Waals surface area contributed by atoms with E-state index in [4.69, 9.17) is 14.5 Å². The molecule has 2 aromatic heterocycles. The SMILES string of the molecule is COc1ccccc1-c1cc(N2CCc3cc(-c4c(C)nc(C)c([C@H](OC(C)(C)C)C(=O)O)c4N4CCC(C)(C)CC4)ccc3C2)ncn1.